The van der Waals surface area contributed by atoms with Crippen LogP contribution in [-0.2, 0) is 10.8 Å². The predicted molar refractivity (Wildman–Crippen MR) is 124 cm³/mol. The van der Waals surface area contributed by atoms with E-state index in [1.54, 1.807) is 12.6 Å². The number of aryl methyl sites for hydroxylation is 1. The summed E-state index contributed by atoms with van der Waals surface area (Å²) in [5, 5.41) is 9.82. The van der Waals surface area contributed by atoms with Gasteiger partial charge in [-0.15, -0.1) is 35.3 Å². The standard InChI is InChI=1S/C17H29N5O2S2.HI/c1-4-26(24)14-7-5-6-13(10-14)22-17(18-3)20-9-8-19-16(23)15-12(2)21-11-25-15;/h11,13-14H,4-10H2,1-3H3,(H,19,23)(H2,18,20,22);1H. The highest BCUT2D eigenvalue weighted by Gasteiger charge is 2.26. The lowest BCUT2D eigenvalue weighted by Crippen LogP contribution is -2.48. The summed E-state index contributed by atoms with van der Waals surface area (Å²) < 4.78 is 12.1. The largest absolute Gasteiger partial charge is 0.355 e. The Labute approximate surface area is 185 Å². The number of hydrogen-bond donors (Lipinski definition) is 3. The zero-order valence-corrected chi connectivity index (χ0v) is 20.1. The molecule has 1 saturated carbocycles. The first-order valence-corrected chi connectivity index (χ1v) is 11.3. The normalized spacial score (nSPS) is 21.1. The number of hydrogen-bond acceptors (Lipinski definition) is 5. The molecule has 1 amide bonds. The molecular formula is C17H30IN5O2S2. The van der Waals surface area contributed by atoms with Gasteiger partial charge in [-0.3, -0.25) is 14.0 Å². The van der Waals surface area contributed by atoms with Crippen molar-refractivity contribution in [3.05, 3.63) is 16.1 Å². The van der Waals surface area contributed by atoms with Crippen LogP contribution in [0.4, 0.5) is 0 Å². The number of rotatable bonds is 7. The molecule has 3 atom stereocenters. The van der Waals surface area contributed by atoms with E-state index in [1.165, 1.54) is 11.3 Å². The first kappa shape index (κ1) is 24.3. The molecule has 1 heterocycles. The van der Waals surface area contributed by atoms with E-state index in [-0.39, 0.29) is 35.1 Å². The molecule has 3 unspecified atom stereocenters. The lowest BCUT2D eigenvalue weighted by Gasteiger charge is -2.30. The van der Waals surface area contributed by atoms with Gasteiger partial charge in [0, 0.05) is 48.0 Å². The Morgan fingerprint density at radius 3 is 2.74 bits per heavy atom. The Hall–Kier alpha value is -0.750. The second-order valence-electron chi connectivity index (χ2n) is 6.32. The molecule has 7 nitrogen and oxygen atoms in total. The van der Waals surface area contributed by atoms with Crippen LogP contribution in [0.1, 0.15) is 48.0 Å². The third-order valence-corrected chi connectivity index (χ3v) is 7.17. The summed E-state index contributed by atoms with van der Waals surface area (Å²) in [6.45, 7) is 4.90. The van der Waals surface area contributed by atoms with Crippen LogP contribution in [0.3, 0.4) is 0 Å². The molecule has 3 N–H and O–H groups in total. The molecule has 1 fully saturated rings. The molecule has 0 aliphatic heterocycles. The van der Waals surface area contributed by atoms with Gasteiger partial charge in [0.2, 0.25) is 0 Å². The molecule has 2 rings (SSSR count). The number of aromatic nitrogens is 1. The van der Waals surface area contributed by atoms with Gasteiger partial charge >= 0.3 is 0 Å². The van der Waals surface area contributed by atoms with E-state index in [9.17, 15) is 9.00 Å². The van der Waals surface area contributed by atoms with Gasteiger partial charge in [-0.25, -0.2) is 4.98 Å². The number of nitrogens with one attached hydrogen (secondary N) is 3. The minimum atomic E-state index is -0.732. The van der Waals surface area contributed by atoms with Crippen molar-refractivity contribution in [3.8, 4) is 0 Å². The SMILES string of the molecule is CCS(=O)C1CCCC(NC(=NC)NCCNC(=O)c2scnc2C)C1.I. The fourth-order valence-electron chi connectivity index (χ4n) is 3.10. The Bertz CT molecular complexity index is 653. The molecule has 0 spiro atoms. The second-order valence-corrected chi connectivity index (χ2v) is 9.18. The Morgan fingerprint density at radius 1 is 1.37 bits per heavy atom. The Kier molecular flexibility index (Phi) is 11.4. The smallest absolute Gasteiger partial charge is 0.263 e. The maximum Gasteiger partial charge on any atom is 0.263 e. The molecule has 1 aromatic rings. The first-order valence-electron chi connectivity index (χ1n) is 9.07. The topological polar surface area (TPSA) is 95.5 Å². The number of carbonyl (C=O) groups excluding carboxylic acids is 1. The van der Waals surface area contributed by atoms with Crippen molar-refractivity contribution in [3.63, 3.8) is 0 Å². The van der Waals surface area contributed by atoms with Crippen molar-refractivity contribution >= 4 is 58.0 Å². The minimum Gasteiger partial charge on any atom is -0.355 e. The van der Waals surface area contributed by atoms with E-state index in [0.29, 0.717) is 24.0 Å². The monoisotopic (exact) mass is 527 g/mol. The van der Waals surface area contributed by atoms with Crippen molar-refractivity contribution in [2.45, 2.75) is 50.8 Å². The third-order valence-electron chi connectivity index (χ3n) is 4.50. The molecule has 0 aromatic carbocycles. The first-order chi connectivity index (χ1) is 12.5. The van der Waals surface area contributed by atoms with E-state index < -0.39 is 10.8 Å². The van der Waals surface area contributed by atoms with Crippen molar-refractivity contribution < 1.29 is 9.00 Å². The number of carbonyl (C=O) groups is 1. The number of nitrogens with zero attached hydrogens (tertiary/aromatic N) is 2. The van der Waals surface area contributed by atoms with Crippen molar-refractivity contribution in [1.29, 1.82) is 0 Å². The van der Waals surface area contributed by atoms with E-state index >= 15 is 0 Å². The van der Waals surface area contributed by atoms with Crippen LogP contribution in [-0.4, -0.2) is 58.2 Å². The maximum atomic E-state index is 12.1. The van der Waals surface area contributed by atoms with Gasteiger partial charge in [0.1, 0.15) is 4.88 Å². The third kappa shape index (κ3) is 7.65. The van der Waals surface area contributed by atoms with Gasteiger partial charge < -0.3 is 16.0 Å². The molecule has 1 aromatic heterocycles. The summed E-state index contributed by atoms with van der Waals surface area (Å²) in [4.78, 5) is 21.0. The van der Waals surface area contributed by atoms with Crippen molar-refractivity contribution in [2.24, 2.45) is 4.99 Å². The molecule has 154 valence electrons. The average Bonchev–Trinajstić information content (AvgIpc) is 3.09. The fourth-order valence-corrected chi connectivity index (χ4v) is 5.16. The minimum absolute atomic E-state index is 0. The fraction of sp³-hybridized carbons (Fsp3) is 0.706. The van der Waals surface area contributed by atoms with Crippen molar-refractivity contribution in [1.82, 2.24) is 20.9 Å². The maximum absolute atomic E-state index is 12.1. The number of halogens is 1. The van der Waals surface area contributed by atoms with Crippen LogP contribution in [0.2, 0.25) is 0 Å². The molecule has 0 radical (unpaired) electrons. The van der Waals surface area contributed by atoms with Crippen LogP contribution in [0.5, 0.6) is 0 Å². The highest BCUT2D eigenvalue weighted by atomic mass is 127. The zero-order valence-electron chi connectivity index (χ0n) is 16.1. The quantitative estimate of drug-likeness (QED) is 0.218. The summed E-state index contributed by atoms with van der Waals surface area (Å²) in [5.74, 6) is 1.36. The van der Waals surface area contributed by atoms with Gasteiger partial charge in [-0.1, -0.05) is 13.3 Å². The number of aliphatic imine (C=N–C) groups is 1. The lowest BCUT2D eigenvalue weighted by atomic mass is 9.95. The van der Waals surface area contributed by atoms with E-state index in [4.69, 9.17) is 0 Å². The van der Waals surface area contributed by atoms with Gasteiger partial charge in [0.15, 0.2) is 5.96 Å². The number of thiazole rings is 1. The Balaban J connectivity index is 0.00000364. The van der Waals surface area contributed by atoms with Crippen LogP contribution >= 0.6 is 35.3 Å². The average molecular weight is 527 g/mol. The van der Waals surface area contributed by atoms with E-state index in [1.807, 2.05) is 13.8 Å². The number of amides is 1. The molecule has 10 heteroatoms. The van der Waals surface area contributed by atoms with Gasteiger partial charge in [-0.05, 0) is 26.2 Å². The highest BCUT2D eigenvalue weighted by Crippen LogP contribution is 2.22. The predicted octanol–water partition coefficient (Wildman–Crippen LogP) is 2.04. The molecule has 0 bridgehead atoms. The van der Waals surface area contributed by atoms with Crippen LogP contribution in [0.25, 0.3) is 0 Å². The molecular weight excluding hydrogens is 497 g/mol. The van der Waals surface area contributed by atoms with E-state index in [2.05, 4.69) is 25.9 Å². The second kappa shape index (κ2) is 12.7. The summed E-state index contributed by atoms with van der Waals surface area (Å²) in [7, 11) is 1.00. The summed E-state index contributed by atoms with van der Waals surface area (Å²) in [6.07, 6.45) is 4.13. The van der Waals surface area contributed by atoms with Crippen LogP contribution in [0, 0.1) is 6.92 Å². The molecule has 27 heavy (non-hydrogen) atoms. The van der Waals surface area contributed by atoms with E-state index in [0.717, 1.165) is 43.1 Å². The number of guanidine groups is 1. The molecule has 1 aliphatic carbocycles. The summed E-state index contributed by atoms with van der Waals surface area (Å²) in [5.41, 5.74) is 2.44. The van der Waals surface area contributed by atoms with Gasteiger partial charge in [0.05, 0.1) is 11.2 Å². The highest BCUT2D eigenvalue weighted by molar-refractivity contribution is 14.0. The summed E-state index contributed by atoms with van der Waals surface area (Å²) in [6, 6.07) is 0.296. The van der Waals surface area contributed by atoms with Gasteiger partial charge in [0.25, 0.3) is 5.91 Å². The molecule has 0 saturated heterocycles. The Morgan fingerprint density at radius 2 is 2.11 bits per heavy atom. The van der Waals surface area contributed by atoms with Gasteiger partial charge in [-0.2, -0.15) is 0 Å². The van der Waals surface area contributed by atoms with Crippen LogP contribution in [0.15, 0.2) is 10.5 Å². The zero-order chi connectivity index (χ0) is 18.9. The lowest BCUT2D eigenvalue weighted by molar-refractivity contribution is 0.0957. The summed E-state index contributed by atoms with van der Waals surface area (Å²) >= 11 is 1.35. The van der Waals surface area contributed by atoms with Crippen LogP contribution < -0.4 is 16.0 Å². The van der Waals surface area contributed by atoms with Crippen molar-refractivity contribution in [2.75, 3.05) is 25.9 Å². The molecule has 1 aliphatic rings.